The summed E-state index contributed by atoms with van der Waals surface area (Å²) < 4.78 is 6.62. The number of hydrogen-bond acceptors (Lipinski definition) is 4. The Labute approximate surface area is 181 Å². The van der Waals surface area contributed by atoms with Crippen molar-refractivity contribution < 1.29 is 9.84 Å². The fourth-order valence-corrected chi connectivity index (χ4v) is 4.12. The summed E-state index contributed by atoms with van der Waals surface area (Å²) in [6.45, 7) is 12.4. The molecule has 0 fully saturated rings. The van der Waals surface area contributed by atoms with Gasteiger partial charge in [-0.05, 0) is 45.7 Å². The predicted octanol–water partition coefficient (Wildman–Crippen LogP) is 5.97. The summed E-state index contributed by atoms with van der Waals surface area (Å²) in [6.07, 6.45) is 0. The number of rotatable bonds is 1. The van der Waals surface area contributed by atoms with Gasteiger partial charge in [0.15, 0.2) is 0 Å². The highest BCUT2D eigenvalue weighted by Crippen LogP contribution is 2.47. The molecule has 0 unspecified atom stereocenters. The number of fused-ring (bicyclic) bond motifs is 1. The Morgan fingerprint density at radius 1 is 1.03 bits per heavy atom. The molecule has 1 aliphatic heterocycles. The van der Waals surface area contributed by atoms with Crippen LogP contribution in [0.15, 0.2) is 46.3 Å². The van der Waals surface area contributed by atoms with Crippen LogP contribution in [0.3, 0.4) is 0 Å². The highest BCUT2D eigenvalue weighted by molar-refractivity contribution is 9.10. The Morgan fingerprint density at radius 3 is 2.07 bits per heavy atom. The van der Waals surface area contributed by atoms with Crippen molar-refractivity contribution in [3.8, 4) is 17.6 Å². The molecule has 0 saturated heterocycles. The second kappa shape index (κ2) is 7.11. The van der Waals surface area contributed by atoms with E-state index < -0.39 is 0 Å². The third-order valence-corrected chi connectivity index (χ3v) is 5.75. The van der Waals surface area contributed by atoms with E-state index in [1.807, 2.05) is 30.3 Å². The summed E-state index contributed by atoms with van der Waals surface area (Å²) >= 11 is 3.53. The molecule has 5 heteroatoms. The monoisotopic (exact) mass is 454 g/mol. The van der Waals surface area contributed by atoms with Gasteiger partial charge in [0.2, 0.25) is 5.88 Å². The first-order chi connectivity index (χ1) is 13.3. The largest absolute Gasteiger partial charge is 0.507 e. The Kier molecular flexibility index (Phi) is 5.21. The molecule has 0 radical (unpaired) electrons. The van der Waals surface area contributed by atoms with Gasteiger partial charge in [-0.2, -0.15) is 5.26 Å². The number of nitrogens with zero attached hydrogens (tertiary/aromatic N) is 1. The molecule has 152 valence electrons. The zero-order chi connectivity index (χ0) is 21.7. The molecule has 2 aromatic carbocycles. The van der Waals surface area contributed by atoms with E-state index in [0.717, 1.165) is 26.7 Å². The number of phenolic OH excluding ortho intramolecular Hbond substituents is 1. The maximum absolute atomic E-state index is 11.1. The molecule has 0 aromatic heterocycles. The van der Waals surface area contributed by atoms with Gasteiger partial charge in [0.25, 0.3) is 0 Å². The summed E-state index contributed by atoms with van der Waals surface area (Å²) in [5, 5.41) is 20.9. The van der Waals surface area contributed by atoms with Crippen LogP contribution in [0.2, 0.25) is 0 Å². The summed E-state index contributed by atoms with van der Waals surface area (Å²) in [5.74, 6) is 0.696. The van der Waals surface area contributed by atoms with Crippen LogP contribution in [0, 0.1) is 11.3 Å². The zero-order valence-corrected chi connectivity index (χ0v) is 19.3. The zero-order valence-electron chi connectivity index (χ0n) is 17.7. The number of nitriles is 1. The van der Waals surface area contributed by atoms with Crippen LogP contribution in [-0.4, -0.2) is 5.11 Å². The second-order valence-electron chi connectivity index (χ2n) is 9.57. The molecule has 0 spiro atoms. The number of phenols is 1. The predicted molar refractivity (Wildman–Crippen MR) is 119 cm³/mol. The molecule has 3 N–H and O–H groups in total. The van der Waals surface area contributed by atoms with Crippen LogP contribution in [0.4, 0.5) is 0 Å². The maximum Gasteiger partial charge on any atom is 0.205 e. The van der Waals surface area contributed by atoms with Crippen molar-refractivity contribution in [2.45, 2.75) is 58.3 Å². The minimum Gasteiger partial charge on any atom is -0.507 e. The highest BCUT2D eigenvalue weighted by atomic mass is 79.9. The standard InChI is InChI=1S/C24H27BrN2O2/c1-23(2,3)17-9-13(10-18(21(17)28)24(4,5)6)20-15-11-14(25)7-8-19(15)29-22(27)16(20)12-26/h7-11,20,28H,27H2,1-6H3/t20-/m0/s1. The topological polar surface area (TPSA) is 79.3 Å². The molecule has 0 bridgehead atoms. The van der Waals surface area contributed by atoms with Gasteiger partial charge >= 0.3 is 0 Å². The number of nitrogens with two attached hydrogens (primary N) is 1. The van der Waals surface area contributed by atoms with Crippen LogP contribution < -0.4 is 10.5 Å². The van der Waals surface area contributed by atoms with Crippen LogP contribution in [-0.2, 0) is 10.8 Å². The molecule has 1 atom stereocenters. The molecular weight excluding hydrogens is 428 g/mol. The molecule has 1 aliphatic rings. The lowest BCUT2D eigenvalue weighted by atomic mass is 9.74. The lowest BCUT2D eigenvalue weighted by Crippen LogP contribution is -2.23. The van der Waals surface area contributed by atoms with E-state index >= 15 is 0 Å². The first-order valence-corrected chi connectivity index (χ1v) is 10.4. The molecular formula is C24H27BrN2O2. The van der Waals surface area contributed by atoms with Crippen molar-refractivity contribution in [2.75, 3.05) is 0 Å². The lowest BCUT2D eigenvalue weighted by Gasteiger charge is -2.32. The van der Waals surface area contributed by atoms with E-state index in [9.17, 15) is 10.4 Å². The molecule has 3 rings (SSSR count). The molecule has 0 amide bonds. The third kappa shape index (κ3) is 3.86. The van der Waals surface area contributed by atoms with Crippen molar-refractivity contribution in [3.63, 3.8) is 0 Å². The Bertz CT molecular complexity index is 1020. The minimum atomic E-state index is -0.371. The summed E-state index contributed by atoms with van der Waals surface area (Å²) in [4.78, 5) is 0. The minimum absolute atomic E-state index is 0.120. The van der Waals surface area contributed by atoms with Crippen molar-refractivity contribution >= 4 is 15.9 Å². The Hall–Kier alpha value is -2.45. The van der Waals surface area contributed by atoms with E-state index in [-0.39, 0.29) is 22.6 Å². The van der Waals surface area contributed by atoms with E-state index in [1.54, 1.807) is 0 Å². The van der Waals surface area contributed by atoms with Gasteiger partial charge < -0.3 is 15.6 Å². The van der Waals surface area contributed by atoms with Gasteiger partial charge in [0, 0.05) is 10.0 Å². The lowest BCUT2D eigenvalue weighted by molar-refractivity contribution is 0.393. The van der Waals surface area contributed by atoms with Gasteiger partial charge in [-0.15, -0.1) is 0 Å². The average Bonchev–Trinajstić information content (AvgIpc) is 2.59. The first kappa shape index (κ1) is 21.3. The number of hydrogen-bond donors (Lipinski definition) is 2. The van der Waals surface area contributed by atoms with E-state index in [0.29, 0.717) is 17.1 Å². The maximum atomic E-state index is 11.1. The average molecular weight is 455 g/mol. The number of aromatic hydroxyl groups is 1. The fraction of sp³-hybridized carbons (Fsp3) is 0.375. The second-order valence-corrected chi connectivity index (χ2v) is 10.5. The van der Waals surface area contributed by atoms with Crippen LogP contribution in [0.25, 0.3) is 0 Å². The normalized spacial score (nSPS) is 16.8. The van der Waals surface area contributed by atoms with Crippen LogP contribution >= 0.6 is 15.9 Å². The number of ether oxygens (including phenoxy) is 1. The van der Waals surface area contributed by atoms with Crippen molar-refractivity contribution in [1.29, 1.82) is 5.26 Å². The van der Waals surface area contributed by atoms with Crippen LogP contribution in [0.1, 0.15) is 69.7 Å². The van der Waals surface area contributed by atoms with Gasteiger partial charge in [0.1, 0.15) is 23.1 Å². The van der Waals surface area contributed by atoms with Gasteiger partial charge in [0.05, 0.1) is 5.92 Å². The van der Waals surface area contributed by atoms with Gasteiger partial charge in [-0.25, -0.2) is 0 Å². The SMILES string of the molecule is CC(C)(C)c1cc([C@@H]2C(C#N)=C(N)Oc3ccc(Br)cc32)cc(C(C)(C)C)c1O. The molecule has 29 heavy (non-hydrogen) atoms. The quantitative estimate of drug-likeness (QED) is 0.556. The molecule has 4 nitrogen and oxygen atoms in total. The van der Waals surface area contributed by atoms with Crippen LogP contribution in [0.5, 0.6) is 11.5 Å². The number of benzene rings is 2. The fourth-order valence-electron chi connectivity index (χ4n) is 3.74. The smallest absolute Gasteiger partial charge is 0.205 e. The molecule has 0 aliphatic carbocycles. The number of allylic oxidation sites excluding steroid dienone is 1. The number of halogens is 1. The van der Waals surface area contributed by atoms with Crippen molar-refractivity contribution in [1.82, 2.24) is 0 Å². The molecule has 1 heterocycles. The van der Waals surface area contributed by atoms with E-state index in [4.69, 9.17) is 10.5 Å². The summed E-state index contributed by atoms with van der Waals surface area (Å²) in [6, 6.07) is 11.9. The summed E-state index contributed by atoms with van der Waals surface area (Å²) in [7, 11) is 0. The van der Waals surface area contributed by atoms with Gasteiger partial charge in [-0.3, -0.25) is 0 Å². The Morgan fingerprint density at radius 2 is 1.59 bits per heavy atom. The van der Waals surface area contributed by atoms with E-state index in [1.165, 1.54) is 0 Å². The molecule has 0 saturated carbocycles. The van der Waals surface area contributed by atoms with Crippen molar-refractivity contribution in [2.24, 2.45) is 5.73 Å². The molecule has 2 aromatic rings. The Balaban J connectivity index is 2.38. The highest BCUT2D eigenvalue weighted by Gasteiger charge is 2.34. The van der Waals surface area contributed by atoms with Gasteiger partial charge in [-0.1, -0.05) is 69.6 Å². The summed E-state index contributed by atoms with van der Waals surface area (Å²) in [5.41, 5.74) is 9.44. The third-order valence-electron chi connectivity index (χ3n) is 5.26. The van der Waals surface area contributed by atoms with E-state index in [2.05, 4.69) is 63.5 Å². The van der Waals surface area contributed by atoms with Crippen molar-refractivity contribution in [3.05, 3.63) is 68.5 Å². The first-order valence-electron chi connectivity index (χ1n) is 9.59.